The Morgan fingerprint density at radius 3 is 2.83 bits per heavy atom. The maximum atomic E-state index is 12.6. The molecule has 24 heavy (non-hydrogen) atoms. The molecule has 1 fully saturated rings. The van der Waals surface area contributed by atoms with Gasteiger partial charge in [-0.2, -0.15) is 4.31 Å². The van der Waals surface area contributed by atoms with Gasteiger partial charge >= 0.3 is 0 Å². The Labute approximate surface area is 141 Å². The van der Waals surface area contributed by atoms with E-state index in [-0.39, 0.29) is 11.8 Å². The molecule has 1 atom stereocenters. The third-order valence-corrected chi connectivity index (χ3v) is 5.97. The largest absolute Gasteiger partial charge is 0.351 e. The van der Waals surface area contributed by atoms with Gasteiger partial charge in [0, 0.05) is 25.9 Å². The summed E-state index contributed by atoms with van der Waals surface area (Å²) in [5, 5.41) is 2.70. The highest BCUT2D eigenvalue weighted by molar-refractivity contribution is 7.89. The minimum Gasteiger partial charge on any atom is -0.351 e. The molecule has 0 bridgehead atoms. The second-order valence-electron chi connectivity index (χ2n) is 5.87. The first-order valence-electron chi connectivity index (χ1n) is 7.80. The molecule has 8 heteroatoms. The van der Waals surface area contributed by atoms with Gasteiger partial charge in [-0.15, -0.1) is 0 Å². The second kappa shape index (κ2) is 6.74. The predicted octanol–water partition coefficient (Wildman–Crippen LogP) is 1.22. The van der Waals surface area contributed by atoms with Crippen LogP contribution in [-0.4, -0.2) is 41.7 Å². The summed E-state index contributed by atoms with van der Waals surface area (Å²) >= 11 is 0. The molecule has 128 valence electrons. The van der Waals surface area contributed by atoms with Gasteiger partial charge in [-0.25, -0.2) is 13.4 Å². The zero-order chi connectivity index (χ0) is 17.2. The first-order valence-corrected chi connectivity index (χ1v) is 9.24. The molecule has 0 spiro atoms. The summed E-state index contributed by atoms with van der Waals surface area (Å²) in [5.74, 6) is 0.697. The molecule has 1 aliphatic heterocycles. The summed E-state index contributed by atoms with van der Waals surface area (Å²) in [4.78, 5) is 18.8. The van der Waals surface area contributed by atoms with E-state index in [1.54, 1.807) is 36.5 Å². The van der Waals surface area contributed by atoms with Crippen LogP contribution in [0.5, 0.6) is 0 Å². The van der Waals surface area contributed by atoms with E-state index in [1.165, 1.54) is 11.2 Å². The molecule has 2 heterocycles. The zero-order valence-corrected chi connectivity index (χ0v) is 14.2. The highest BCUT2D eigenvalue weighted by Crippen LogP contribution is 2.29. The number of hydrogen-bond donors (Lipinski definition) is 2. The molecule has 1 amide bonds. The van der Waals surface area contributed by atoms with Crippen LogP contribution in [0.15, 0.2) is 41.4 Å². The monoisotopic (exact) mass is 348 g/mol. The fourth-order valence-corrected chi connectivity index (χ4v) is 4.33. The average molecular weight is 348 g/mol. The third kappa shape index (κ3) is 3.49. The number of carbonyl (C=O) groups is 1. The molecule has 3 rings (SSSR count). The molecule has 1 aromatic carbocycles. The Hall–Kier alpha value is -2.19. The van der Waals surface area contributed by atoms with E-state index in [9.17, 15) is 13.2 Å². The average Bonchev–Trinajstić information content (AvgIpc) is 3.23. The summed E-state index contributed by atoms with van der Waals surface area (Å²) in [6.07, 6.45) is 2.40. The quantitative estimate of drug-likeness (QED) is 0.849. The van der Waals surface area contributed by atoms with Gasteiger partial charge in [0.15, 0.2) is 0 Å². The summed E-state index contributed by atoms with van der Waals surface area (Å²) in [5.41, 5.74) is 0.810. The third-order valence-electron chi connectivity index (χ3n) is 4.09. The van der Waals surface area contributed by atoms with Crippen LogP contribution in [0.4, 0.5) is 0 Å². The van der Waals surface area contributed by atoms with Crippen LogP contribution in [-0.2, 0) is 21.4 Å². The predicted molar refractivity (Wildman–Crippen MR) is 88.7 cm³/mol. The first kappa shape index (κ1) is 16.7. The molecule has 2 aromatic rings. The van der Waals surface area contributed by atoms with Crippen molar-refractivity contribution in [1.82, 2.24) is 19.6 Å². The topological polar surface area (TPSA) is 95.2 Å². The lowest BCUT2D eigenvalue weighted by molar-refractivity contribution is -0.119. The van der Waals surface area contributed by atoms with Gasteiger partial charge in [0.25, 0.3) is 0 Å². The molecule has 0 saturated carbocycles. The minimum atomic E-state index is -3.46. The standard InChI is InChI=1S/C16H20N4O3S/c1-12(21)17-9-14-10-18-16(19-14)13-7-8-20(11-13)24(22,23)15-5-3-2-4-6-15/h2-6,10,13H,7-9,11H2,1H3,(H,17,21)(H,18,19). The lowest BCUT2D eigenvalue weighted by Crippen LogP contribution is -2.28. The molecule has 2 N–H and O–H groups in total. The van der Waals surface area contributed by atoms with Crippen molar-refractivity contribution in [3.8, 4) is 0 Å². The normalized spacial score (nSPS) is 18.6. The molecular formula is C16H20N4O3S. The van der Waals surface area contributed by atoms with E-state index in [0.29, 0.717) is 24.5 Å². The Balaban J connectivity index is 1.68. The number of carbonyl (C=O) groups excluding carboxylic acids is 1. The van der Waals surface area contributed by atoms with E-state index in [2.05, 4.69) is 15.3 Å². The van der Waals surface area contributed by atoms with Gasteiger partial charge in [-0.05, 0) is 18.6 Å². The van der Waals surface area contributed by atoms with E-state index < -0.39 is 10.0 Å². The van der Waals surface area contributed by atoms with E-state index in [4.69, 9.17) is 0 Å². The Morgan fingerprint density at radius 1 is 1.38 bits per heavy atom. The summed E-state index contributed by atoms with van der Waals surface area (Å²) in [6.45, 7) is 2.73. The fraction of sp³-hybridized carbons (Fsp3) is 0.375. The van der Waals surface area contributed by atoms with Gasteiger partial charge < -0.3 is 10.3 Å². The van der Waals surface area contributed by atoms with Crippen molar-refractivity contribution in [3.63, 3.8) is 0 Å². The van der Waals surface area contributed by atoms with E-state index >= 15 is 0 Å². The molecule has 1 aliphatic rings. The van der Waals surface area contributed by atoms with Crippen molar-refractivity contribution < 1.29 is 13.2 Å². The number of hydrogen-bond acceptors (Lipinski definition) is 4. The summed E-state index contributed by atoms with van der Waals surface area (Å²) < 4.78 is 26.8. The molecule has 1 aromatic heterocycles. The number of aromatic nitrogens is 2. The van der Waals surface area contributed by atoms with Crippen LogP contribution >= 0.6 is 0 Å². The van der Waals surface area contributed by atoms with Crippen LogP contribution in [0.25, 0.3) is 0 Å². The van der Waals surface area contributed by atoms with Crippen molar-refractivity contribution >= 4 is 15.9 Å². The van der Waals surface area contributed by atoms with Crippen LogP contribution in [0.1, 0.15) is 30.8 Å². The van der Waals surface area contributed by atoms with Crippen molar-refractivity contribution in [2.24, 2.45) is 0 Å². The van der Waals surface area contributed by atoms with Crippen molar-refractivity contribution in [2.75, 3.05) is 13.1 Å². The smallest absolute Gasteiger partial charge is 0.243 e. The van der Waals surface area contributed by atoms with Gasteiger partial charge in [-0.3, -0.25) is 4.79 Å². The second-order valence-corrected chi connectivity index (χ2v) is 7.80. The fourth-order valence-electron chi connectivity index (χ4n) is 2.80. The molecule has 0 radical (unpaired) electrons. The van der Waals surface area contributed by atoms with Crippen LogP contribution in [0, 0.1) is 0 Å². The Kier molecular flexibility index (Phi) is 4.68. The minimum absolute atomic E-state index is 0.0366. The van der Waals surface area contributed by atoms with Crippen molar-refractivity contribution in [1.29, 1.82) is 0 Å². The van der Waals surface area contributed by atoms with Crippen LogP contribution in [0.3, 0.4) is 0 Å². The molecular weight excluding hydrogens is 328 g/mol. The molecule has 1 unspecified atom stereocenters. The summed E-state index contributed by atoms with van der Waals surface area (Å²) in [7, 11) is -3.46. The number of H-pyrrole nitrogens is 1. The summed E-state index contributed by atoms with van der Waals surface area (Å²) in [6, 6.07) is 8.47. The maximum Gasteiger partial charge on any atom is 0.243 e. The molecule has 0 aliphatic carbocycles. The lowest BCUT2D eigenvalue weighted by atomic mass is 10.1. The number of nitrogens with one attached hydrogen (secondary N) is 2. The van der Waals surface area contributed by atoms with Crippen LogP contribution in [0.2, 0.25) is 0 Å². The maximum absolute atomic E-state index is 12.6. The number of benzene rings is 1. The van der Waals surface area contributed by atoms with Gasteiger partial charge in [-0.1, -0.05) is 18.2 Å². The van der Waals surface area contributed by atoms with Crippen LogP contribution < -0.4 is 5.32 Å². The SMILES string of the molecule is CC(=O)NCc1cnc(C2CCN(S(=O)(=O)c3ccccc3)C2)[nH]1. The first-order chi connectivity index (χ1) is 11.5. The van der Waals surface area contributed by atoms with E-state index in [0.717, 1.165) is 17.9 Å². The molecule has 1 saturated heterocycles. The number of aromatic amines is 1. The number of imidazole rings is 1. The van der Waals surface area contributed by atoms with Gasteiger partial charge in [0.1, 0.15) is 5.82 Å². The molecule has 7 nitrogen and oxygen atoms in total. The van der Waals surface area contributed by atoms with Gasteiger partial charge in [0.05, 0.1) is 23.3 Å². The highest BCUT2D eigenvalue weighted by atomic mass is 32.2. The number of amides is 1. The zero-order valence-electron chi connectivity index (χ0n) is 13.4. The highest BCUT2D eigenvalue weighted by Gasteiger charge is 2.34. The Morgan fingerprint density at radius 2 is 2.12 bits per heavy atom. The van der Waals surface area contributed by atoms with E-state index in [1.807, 2.05) is 0 Å². The lowest BCUT2D eigenvalue weighted by Gasteiger charge is -2.16. The number of rotatable bonds is 5. The van der Waals surface area contributed by atoms with Crippen molar-refractivity contribution in [3.05, 3.63) is 48.0 Å². The number of sulfonamides is 1. The van der Waals surface area contributed by atoms with Crippen molar-refractivity contribution in [2.45, 2.75) is 30.7 Å². The Bertz CT molecular complexity index is 817. The number of nitrogens with zero attached hydrogens (tertiary/aromatic N) is 2. The van der Waals surface area contributed by atoms with Gasteiger partial charge in [0.2, 0.25) is 15.9 Å².